The predicted octanol–water partition coefficient (Wildman–Crippen LogP) is 4.33. The van der Waals surface area contributed by atoms with Crippen molar-refractivity contribution in [3.8, 4) is 0 Å². The van der Waals surface area contributed by atoms with E-state index in [-0.39, 0.29) is 0 Å². The molecule has 2 aromatic rings. The van der Waals surface area contributed by atoms with E-state index in [0.717, 1.165) is 16.8 Å². The Morgan fingerprint density at radius 2 is 1.67 bits per heavy atom. The number of ether oxygens (including phenoxy) is 1. The highest BCUT2D eigenvalue weighted by atomic mass is 35.5. The minimum Gasteiger partial charge on any atom is -0.437 e. The largest absolute Gasteiger partial charge is 0.437 e. The molecule has 3 rings (SSSR count). The van der Waals surface area contributed by atoms with Gasteiger partial charge in [0.05, 0.1) is 5.69 Å². The maximum absolute atomic E-state index is 5.82. The van der Waals surface area contributed by atoms with Crippen LogP contribution in [0.25, 0.3) is 5.76 Å². The Morgan fingerprint density at radius 1 is 0.944 bits per heavy atom. The second-order valence-corrected chi connectivity index (χ2v) is 4.09. The molecule has 0 radical (unpaired) electrons. The van der Waals surface area contributed by atoms with Gasteiger partial charge in [-0.05, 0) is 24.3 Å². The van der Waals surface area contributed by atoms with Gasteiger partial charge in [-0.3, -0.25) is 0 Å². The monoisotopic (exact) mass is 255 g/mol. The molecule has 0 aromatic heterocycles. The summed E-state index contributed by atoms with van der Waals surface area (Å²) in [5.41, 5.74) is 4.15. The molecular weight excluding hydrogens is 246 g/mol. The normalized spacial score (nSPS) is 15.8. The van der Waals surface area contributed by atoms with Gasteiger partial charge in [-0.1, -0.05) is 41.9 Å². The summed E-state index contributed by atoms with van der Waals surface area (Å²) in [7, 11) is 0. The van der Waals surface area contributed by atoms with E-state index < -0.39 is 0 Å². The summed E-state index contributed by atoms with van der Waals surface area (Å²) in [6.07, 6.45) is 0. The van der Waals surface area contributed by atoms with Crippen molar-refractivity contribution in [2.45, 2.75) is 0 Å². The Labute approximate surface area is 110 Å². The van der Waals surface area contributed by atoms with Crippen LogP contribution in [0.15, 0.2) is 65.1 Å². The van der Waals surface area contributed by atoms with Crippen LogP contribution in [-0.4, -0.2) is 5.90 Å². The van der Waals surface area contributed by atoms with Crippen LogP contribution in [-0.2, 0) is 4.74 Å². The maximum atomic E-state index is 5.82. The standard InChI is InChI=1S/C15H10ClNO/c16-10-14-12-8-4-5-9-13(12)17-15(18-14)11-6-2-1-3-7-11/h1-10H/b14-10-. The Balaban J connectivity index is 2.13. The van der Waals surface area contributed by atoms with Gasteiger partial charge in [0, 0.05) is 16.7 Å². The van der Waals surface area contributed by atoms with Crippen LogP contribution in [0.3, 0.4) is 0 Å². The molecule has 1 aliphatic heterocycles. The first kappa shape index (κ1) is 11.1. The van der Waals surface area contributed by atoms with Crippen molar-refractivity contribution in [2.24, 2.45) is 4.99 Å². The van der Waals surface area contributed by atoms with E-state index in [0.29, 0.717) is 11.7 Å². The number of hydrogen-bond acceptors (Lipinski definition) is 2. The number of rotatable bonds is 1. The summed E-state index contributed by atoms with van der Waals surface area (Å²) in [5, 5.41) is 0. The van der Waals surface area contributed by atoms with Gasteiger partial charge >= 0.3 is 0 Å². The third kappa shape index (κ3) is 1.91. The lowest BCUT2D eigenvalue weighted by atomic mass is 10.1. The lowest BCUT2D eigenvalue weighted by Crippen LogP contribution is -2.10. The van der Waals surface area contributed by atoms with Crippen LogP contribution >= 0.6 is 11.6 Å². The fraction of sp³-hybridized carbons (Fsp3) is 0. The summed E-state index contributed by atoms with van der Waals surface area (Å²) in [6, 6.07) is 17.5. The molecule has 18 heavy (non-hydrogen) atoms. The van der Waals surface area contributed by atoms with E-state index in [4.69, 9.17) is 16.3 Å². The highest BCUT2D eigenvalue weighted by Crippen LogP contribution is 2.33. The molecule has 2 aromatic carbocycles. The molecule has 1 heterocycles. The molecule has 0 N–H and O–H groups in total. The second kappa shape index (κ2) is 4.67. The van der Waals surface area contributed by atoms with Crippen molar-refractivity contribution in [3.63, 3.8) is 0 Å². The van der Waals surface area contributed by atoms with Crippen LogP contribution in [0.5, 0.6) is 0 Å². The lowest BCUT2D eigenvalue weighted by Gasteiger charge is -2.18. The molecule has 1 aliphatic rings. The smallest absolute Gasteiger partial charge is 0.227 e. The van der Waals surface area contributed by atoms with Crippen molar-refractivity contribution in [1.29, 1.82) is 0 Å². The number of benzene rings is 2. The maximum Gasteiger partial charge on any atom is 0.227 e. The van der Waals surface area contributed by atoms with Crippen molar-refractivity contribution in [3.05, 3.63) is 71.3 Å². The zero-order valence-electron chi connectivity index (χ0n) is 9.51. The van der Waals surface area contributed by atoms with Gasteiger partial charge in [0.15, 0.2) is 0 Å². The third-order valence-corrected chi connectivity index (χ3v) is 2.92. The topological polar surface area (TPSA) is 21.6 Å². The molecule has 0 saturated heterocycles. The van der Waals surface area contributed by atoms with Crippen molar-refractivity contribution in [2.75, 3.05) is 0 Å². The first-order valence-electron chi connectivity index (χ1n) is 5.60. The average Bonchev–Trinajstić information content (AvgIpc) is 2.47. The molecule has 0 unspecified atom stereocenters. The summed E-state index contributed by atoms with van der Waals surface area (Å²) in [4.78, 5) is 4.51. The molecule has 0 fully saturated rings. The Hall–Kier alpha value is -2.06. The highest BCUT2D eigenvalue weighted by Gasteiger charge is 2.18. The third-order valence-electron chi connectivity index (χ3n) is 2.72. The molecule has 0 atom stereocenters. The molecule has 0 amide bonds. The first-order valence-corrected chi connectivity index (χ1v) is 6.04. The summed E-state index contributed by atoms with van der Waals surface area (Å²) in [6.45, 7) is 0. The molecular formula is C15H10ClNO. The number of fused-ring (bicyclic) bond motifs is 1. The molecule has 0 saturated carbocycles. The highest BCUT2D eigenvalue weighted by molar-refractivity contribution is 6.28. The molecule has 2 nitrogen and oxygen atoms in total. The zero-order chi connectivity index (χ0) is 12.4. The minimum absolute atomic E-state index is 0.571. The predicted molar refractivity (Wildman–Crippen MR) is 74.0 cm³/mol. The van der Waals surface area contributed by atoms with Gasteiger partial charge in [0.1, 0.15) is 5.76 Å². The van der Waals surface area contributed by atoms with E-state index in [1.165, 1.54) is 5.54 Å². The minimum atomic E-state index is 0.571. The van der Waals surface area contributed by atoms with E-state index >= 15 is 0 Å². The van der Waals surface area contributed by atoms with E-state index in [2.05, 4.69) is 4.99 Å². The Kier molecular flexibility index (Phi) is 2.87. The summed E-state index contributed by atoms with van der Waals surface area (Å²) in [5.74, 6) is 1.20. The number of halogens is 1. The van der Waals surface area contributed by atoms with E-state index in [9.17, 15) is 0 Å². The fourth-order valence-electron chi connectivity index (χ4n) is 1.86. The first-order chi connectivity index (χ1) is 8.88. The quantitative estimate of drug-likeness (QED) is 0.743. The second-order valence-electron chi connectivity index (χ2n) is 3.88. The fourth-order valence-corrected chi connectivity index (χ4v) is 2.02. The van der Waals surface area contributed by atoms with Gasteiger partial charge in [-0.15, -0.1) is 0 Å². The Bertz CT molecular complexity index is 632. The molecule has 0 aliphatic carbocycles. The number of para-hydroxylation sites is 1. The molecule has 0 bridgehead atoms. The lowest BCUT2D eigenvalue weighted by molar-refractivity contribution is 0.504. The molecule has 3 heteroatoms. The Morgan fingerprint density at radius 3 is 2.44 bits per heavy atom. The van der Waals surface area contributed by atoms with Crippen LogP contribution < -0.4 is 0 Å². The molecule has 88 valence electrons. The average molecular weight is 256 g/mol. The van der Waals surface area contributed by atoms with Crippen LogP contribution in [0.2, 0.25) is 0 Å². The summed E-state index contributed by atoms with van der Waals surface area (Å²) >= 11 is 5.82. The van der Waals surface area contributed by atoms with Crippen LogP contribution in [0, 0.1) is 0 Å². The van der Waals surface area contributed by atoms with Crippen LogP contribution in [0.4, 0.5) is 5.69 Å². The van der Waals surface area contributed by atoms with Crippen molar-refractivity contribution < 1.29 is 4.74 Å². The van der Waals surface area contributed by atoms with Gasteiger partial charge in [-0.2, -0.15) is 0 Å². The molecule has 0 spiro atoms. The van der Waals surface area contributed by atoms with E-state index in [1.807, 2.05) is 54.6 Å². The van der Waals surface area contributed by atoms with Crippen molar-refractivity contribution >= 4 is 28.9 Å². The van der Waals surface area contributed by atoms with E-state index in [1.54, 1.807) is 0 Å². The van der Waals surface area contributed by atoms with Crippen LogP contribution in [0.1, 0.15) is 11.1 Å². The van der Waals surface area contributed by atoms with Gasteiger partial charge < -0.3 is 4.74 Å². The van der Waals surface area contributed by atoms with Gasteiger partial charge in [0.2, 0.25) is 5.90 Å². The van der Waals surface area contributed by atoms with Gasteiger partial charge in [0.25, 0.3) is 0 Å². The number of nitrogens with zero attached hydrogens (tertiary/aromatic N) is 1. The summed E-state index contributed by atoms with van der Waals surface area (Å²) < 4.78 is 5.73. The number of hydrogen-bond donors (Lipinski definition) is 0. The zero-order valence-corrected chi connectivity index (χ0v) is 10.3. The number of aliphatic imine (C=N–C) groups is 1. The van der Waals surface area contributed by atoms with Gasteiger partial charge in [-0.25, -0.2) is 4.99 Å². The SMILES string of the molecule is Cl/C=C1\OC(c2ccccc2)=Nc2ccccc21. The van der Waals surface area contributed by atoms with Crippen molar-refractivity contribution in [1.82, 2.24) is 0 Å².